The fourth-order valence-electron chi connectivity index (χ4n) is 5.05. The molecule has 2 aromatic heterocycles. The quantitative estimate of drug-likeness (QED) is 0.279. The van der Waals surface area contributed by atoms with Crippen LogP contribution in [0.5, 0.6) is 5.75 Å². The number of phenols is 1. The van der Waals surface area contributed by atoms with Crippen LogP contribution in [-0.4, -0.2) is 43.8 Å². The van der Waals surface area contributed by atoms with Crippen molar-refractivity contribution in [1.82, 2.24) is 19.7 Å². The molecule has 1 amide bonds. The number of amides is 1. The smallest absolute Gasteiger partial charge is 0.274 e. The van der Waals surface area contributed by atoms with Crippen LogP contribution < -0.4 is 0 Å². The summed E-state index contributed by atoms with van der Waals surface area (Å²) in [6, 6.07) is 29.5. The molecule has 0 unspecified atom stereocenters. The van der Waals surface area contributed by atoms with Crippen molar-refractivity contribution in [3.05, 3.63) is 108 Å². The lowest BCUT2D eigenvalue weighted by Crippen LogP contribution is -2.39. The number of carbonyl (C=O) groups is 1. The number of benzene rings is 3. The third-order valence-electron chi connectivity index (χ3n) is 7.08. The second-order valence-corrected chi connectivity index (χ2v) is 10.5. The summed E-state index contributed by atoms with van der Waals surface area (Å²) in [5.41, 5.74) is 5.16. The number of rotatable bonds is 6. The van der Waals surface area contributed by atoms with E-state index in [-0.39, 0.29) is 11.7 Å². The zero-order valence-electron chi connectivity index (χ0n) is 20.9. The average molecular weight is 521 g/mol. The Morgan fingerprint density at radius 2 is 1.61 bits per heavy atom. The molecule has 3 heterocycles. The van der Waals surface area contributed by atoms with Crippen LogP contribution in [0.1, 0.15) is 28.9 Å². The summed E-state index contributed by atoms with van der Waals surface area (Å²) in [6.07, 6.45) is 3.04. The molecule has 6 nitrogen and oxygen atoms in total. The summed E-state index contributed by atoms with van der Waals surface area (Å²) < 4.78 is 1.77. The van der Waals surface area contributed by atoms with Crippen LogP contribution in [0.4, 0.5) is 0 Å². The van der Waals surface area contributed by atoms with Crippen molar-refractivity contribution in [2.24, 2.45) is 5.92 Å². The van der Waals surface area contributed by atoms with Gasteiger partial charge in [-0.2, -0.15) is 5.10 Å². The Morgan fingerprint density at radius 3 is 2.34 bits per heavy atom. The van der Waals surface area contributed by atoms with Gasteiger partial charge in [0.15, 0.2) is 5.69 Å². The first-order chi connectivity index (χ1) is 18.6. The molecule has 6 rings (SSSR count). The molecule has 0 bridgehead atoms. The number of phenolic OH excluding ortho intramolecular Hbond substituents is 1. The summed E-state index contributed by atoms with van der Waals surface area (Å²) >= 11 is 1.46. The predicted octanol–water partition coefficient (Wildman–Crippen LogP) is 6.46. The van der Waals surface area contributed by atoms with Crippen LogP contribution in [-0.2, 0) is 6.42 Å². The van der Waals surface area contributed by atoms with Gasteiger partial charge in [0.1, 0.15) is 5.75 Å². The molecule has 0 saturated carbocycles. The predicted molar refractivity (Wildman–Crippen MR) is 151 cm³/mol. The van der Waals surface area contributed by atoms with E-state index in [0.717, 1.165) is 54.9 Å². The highest BCUT2D eigenvalue weighted by atomic mass is 32.1. The molecule has 0 radical (unpaired) electrons. The number of carbonyl (C=O) groups excluding carboxylic acids is 1. The summed E-state index contributed by atoms with van der Waals surface area (Å²) in [5.74, 6) is 0.746. The molecule has 1 N–H and O–H groups in total. The van der Waals surface area contributed by atoms with Crippen LogP contribution in [0.15, 0.2) is 96.4 Å². The van der Waals surface area contributed by atoms with E-state index in [1.54, 1.807) is 22.9 Å². The van der Waals surface area contributed by atoms with Crippen molar-refractivity contribution in [3.63, 3.8) is 0 Å². The third kappa shape index (κ3) is 5.10. The highest BCUT2D eigenvalue weighted by Gasteiger charge is 2.27. The molecular formula is C31H28N4O2S. The van der Waals surface area contributed by atoms with Gasteiger partial charge < -0.3 is 10.0 Å². The zero-order chi connectivity index (χ0) is 25.9. The van der Waals surface area contributed by atoms with Gasteiger partial charge in [-0.3, -0.25) is 4.79 Å². The minimum absolute atomic E-state index is 0.0381. The minimum atomic E-state index is -0.0381. The number of thiazole rings is 1. The van der Waals surface area contributed by atoms with E-state index in [4.69, 9.17) is 10.1 Å². The van der Waals surface area contributed by atoms with Crippen LogP contribution in [0.25, 0.3) is 27.6 Å². The number of hydrogen-bond acceptors (Lipinski definition) is 5. The standard InChI is InChI=1S/C31H28N4O2S/c36-26-13-7-12-25(19-26)28-21-38-31(32-28)35-29(24-10-5-2-6-11-24)20-27(33-35)30(37)34-16-14-23(15-17-34)18-22-8-3-1-4-9-22/h1-13,19-21,23,36H,14-18H2. The first-order valence-electron chi connectivity index (χ1n) is 12.9. The Labute approximate surface area is 225 Å². The van der Waals surface area contributed by atoms with E-state index < -0.39 is 0 Å². The molecule has 190 valence electrons. The number of piperidine rings is 1. The van der Waals surface area contributed by atoms with Gasteiger partial charge >= 0.3 is 0 Å². The molecule has 1 aliphatic rings. The molecule has 1 saturated heterocycles. The molecule has 0 aliphatic carbocycles. The molecule has 3 aromatic carbocycles. The molecule has 7 heteroatoms. The van der Waals surface area contributed by atoms with E-state index >= 15 is 0 Å². The fourth-order valence-corrected chi connectivity index (χ4v) is 5.85. The van der Waals surface area contributed by atoms with Gasteiger partial charge in [-0.25, -0.2) is 9.67 Å². The highest BCUT2D eigenvalue weighted by Crippen LogP contribution is 2.31. The van der Waals surface area contributed by atoms with Gasteiger partial charge in [-0.15, -0.1) is 11.3 Å². The lowest BCUT2D eigenvalue weighted by molar-refractivity contribution is 0.0684. The molecule has 38 heavy (non-hydrogen) atoms. The Morgan fingerprint density at radius 1 is 0.895 bits per heavy atom. The third-order valence-corrected chi connectivity index (χ3v) is 7.90. The largest absolute Gasteiger partial charge is 0.508 e. The van der Waals surface area contributed by atoms with Crippen LogP contribution in [0.3, 0.4) is 0 Å². The number of likely N-dealkylation sites (tertiary alicyclic amines) is 1. The normalized spacial score (nSPS) is 14.1. The zero-order valence-corrected chi connectivity index (χ0v) is 21.7. The van der Waals surface area contributed by atoms with Gasteiger partial charge in [0.2, 0.25) is 5.13 Å². The Hall–Kier alpha value is -4.23. The Bertz CT molecular complexity index is 1540. The molecule has 0 spiro atoms. The molecule has 1 fully saturated rings. The fraction of sp³-hybridized carbons (Fsp3) is 0.194. The monoisotopic (exact) mass is 520 g/mol. The van der Waals surface area contributed by atoms with Gasteiger partial charge in [-0.1, -0.05) is 72.8 Å². The highest BCUT2D eigenvalue weighted by molar-refractivity contribution is 7.12. The molecule has 1 aliphatic heterocycles. The van der Waals surface area contributed by atoms with Crippen LogP contribution >= 0.6 is 11.3 Å². The van der Waals surface area contributed by atoms with Crippen molar-refractivity contribution in [2.45, 2.75) is 19.3 Å². The molecule has 5 aromatic rings. The first kappa shape index (κ1) is 24.1. The first-order valence-corrected chi connectivity index (χ1v) is 13.8. The van der Waals surface area contributed by atoms with E-state index in [1.165, 1.54) is 16.9 Å². The minimum Gasteiger partial charge on any atom is -0.508 e. The maximum absolute atomic E-state index is 13.6. The molecular weight excluding hydrogens is 492 g/mol. The van der Waals surface area contributed by atoms with Crippen molar-refractivity contribution in [3.8, 4) is 33.4 Å². The van der Waals surface area contributed by atoms with Gasteiger partial charge in [0.25, 0.3) is 5.91 Å². The van der Waals surface area contributed by atoms with E-state index in [2.05, 4.69) is 24.3 Å². The van der Waals surface area contributed by atoms with E-state index in [0.29, 0.717) is 16.7 Å². The van der Waals surface area contributed by atoms with Crippen molar-refractivity contribution >= 4 is 17.2 Å². The maximum atomic E-state index is 13.6. The number of nitrogens with zero attached hydrogens (tertiary/aromatic N) is 4. The lowest BCUT2D eigenvalue weighted by atomic mass is 9.90. The summed E-state index contributed by atoms with van der Waals surface area (Å²) in [5, 5.41) is 17.3. The second kappa shape index (κ2) is 10.6. The van der Waals surface area contributed by atoms with Gasteiger partial charge in [-0.05, 0) is 48.9 Å². The van der Waals surface area contributed by atoms with Crippen LogP contribution in [0, 0.1) is 5.92 Å². The summed E-state index contributed by atoms with van der Waals surface area (Å²) in [7, 11) is 0. The topological polar surface area (TPSA) is 71.2 Å². The number of aromatic nitrogens is 3. The Kier molecular flexibility index (Phi) is 6.75. The SMILES string of the molecule is O=C(c1cc(-c2ccccc2)n(-c2nc(-c3cccc(O)c3)cs2)n1)N1CCC(Cc2ccccc2)CC1. The van der Waals surface area contributed by atoms with Gasteiger partial charge in [0, 0.05) is 29.6 Å². The average Bonchev–Trinajstić information content (AvgIpc) is 3.62. The number of aromatic hydroxyl groups is 1. The second-order valence-electron chi connectivity index (χ2n) is 9.68. The van der Waals surface area contributed by atoms with Crippen molar-refractivity contribution in [1.29, 1.82) is 0 Å². The molecule has 0 atom stereocenters. The van der Waals surface area contributed by atoms with E-state index in [9.17, 15) is 9.90 Å². The summed E-state index contributed by atoms with van der Waals surface area (Å²) in [6.45, 7) is 1.48. The number of hydrogen-bond donors (Lipinski definition) is 1. The maximum Gasteiger partial charge on any atom is 0.274 e. The van der Waals surface area contributed by atoms with Crippen molar-refractivity contribution < 1.29 is 9.90 Å². The van der Waals surface area contributed by atoms with E-state index in [1.807, 2.05) is 58.8 Å². The lowest BCUT2D eigenvalue weighted by Gasteiger charge is -2.31. The Balaban J connectivity index is 1.25. The van der Waals surface area contributed by atoms with Gasteiger partial charge in [0.05, 0.1) is 11.4 Å². The summed E-state index contributed by atoms with van der Waals surface area (Å²) in [4.78, 5) is 20.3. The van der Waals surface area contributed by atoms with Crippen LogP contribution in [0.2, 0.25) is 0 Å². The van der Waals surface area contributed by atoms with Crippen molar-refractivity contribution in [2.75, 3.05) is 13.1 Å².